The molecule has 0 radical (unpaired) electrons. The van der Waals surface area contributed by atoms with Crippen molar-refractivity contribution in [2.24, 2.45) is 5.10 Å². The van der Waals surface area contributed by atoms with Gasteiger partial charge >= 0.3 is 0 Å². The molecule has 1 N–H and O–H groups in total. The van der Waals surface area contributed by atoms with Crippen LogP contribution in [-0.2, 0) is 14.8 Å². The van der Waals surface area contributed by atoms with Crippen LogP contribution >= 0.6 is 34.8 Å². The number of nitrogens with zero attached hydrogens (tertiary/aromatic N) is 2. The van der Waals surface area contributed by atoms with Crippen molar-refractivity contribution >= 4 is 62.6 Å². The Hall–Kier alpha value is -3.30. The van der Waals surface area contributed by atoms with Crippen LogP contribution in [-0.4, -0.2) is 27.1 Å². The number of hydrazone groups is 1. The Balaban J connectivity index is 1.52. The number of nitrogens with one attached hydrogen (secondary N) is 1. The summed E-state index contributed by atoms with van der Waals surface area (Å²) in [4.78, 5) is 12.8. The molecule has 7 nitrogen and oxygen atoms in total. The molecule has 0 atom stereocenters. The summed E-state index contributed by atoms with van der Waals surface area (Å²) in [6.07, 6.45) is 1.30. The van der Waals surface area contributed by atoms with Crippen LogP contribution in [0, 0.1) is 6.92 Å². The summed E-state index contributed by atoms with van der Waals surface area (Å²) in [6, 6.07) is 21.0. The molecule has 1 heterocycles. The third kappa shape index (κ3) is 6.34. The predicted octanol–water partition coefficient (Wildman–Crippen LogP) is 6.56. The van der Waals surface area contributed by atoms with E-state index in [1.165, 1.54) is 18.3 Å². The highest BCUT2D eigenvalue weighted by Gasteiger charge is 2.28. The van der Waals surface area contributed by atoms with E-state index in [4.69, 9.17) is 39.2 Å². The van der Waals surface area contributed by atoms with Gasteiger partial charge in [-0.05, 0) is 73.2 Å². The van der Waals surface area contributed by atoms with Gasteiger partial charge in [0.1, 0.15) is 18.1 Å². The number of anilines is 1. The van der Waals surface area contributed by atoms with Crippen molar-refractivity contribution in [3.63, 3.8) is 0 Å². The van der Waals surface area contributed by atoms with Crippen molar-refractivity contribution < 1.29 is 17.6 Å². The van der Waals surface area contributed by atoms with Crippen LogP contribution in [0.15, 0.2) is 93.3 Å². The number of sulfonamides is 1. The van der Waals surface area contributed by atoms with Gasteiger partial charge in [-0.25, -0.2) is 13.8 Å². The fourth-order valence-electron chi connectivity index (χ4n) is 3.51. The van der Waals surface area contributed by atoms with Crippen molar-refractivity contribution in [2.75, 3.05) is 10.8 Å². The third-order valence-electron chi connectivity index (χ3n) is 5.25. The first-order valence-electron chi connectivity index (χ1n) is 10.9. The first-order valence-corrected chi connectivity index (χ1v) is 13.4. The van der Waals surface area contributed by atoms with E-state index in [1.807, 2.05) is 0 Å². The van der Waals surface area contributed by atoms with Gasteiger partial charge in [0.25, 0.3) is 15.9 Å². The molecule has 1 amide bonds. The zero-order valence-corrected chi connectivity index (χ0v) is 22.4. The molecule has 0 spiro atoms. The number of furan rings is 1. The molecule has 11 heteroatoms. The van der Waals surface area contributed by atoms with Crippen LogP contribution < -0.4 is 9.73 Å². The van der Waals surface area contributed by atoms with Crippen molar-refractivity contribution in [3.05, 3.63) is 105 Å². The van der Waals surface area contributed by atoms with Crippen LogP contribution in [0.4, 0.5) is 5.69 Å². The zero-order valence-electron chi connectivity index (χ0n) is 19.4. The van der Waals surface area contributed by atoms with Crippen LogP contribution in [0.25, 0.3) is 11.3 Å². The van der Waals surface area contributed by atoms with E-state index < -0.39 is 22.5 Å². The zero-order chi connectivity index (χ0) is 26.6. The van der Waals surface area contributed by atoms with Crippen LogP contribution in [0.5, 0.6) is 0 Å². The van der Waals surface area contributed by atoms with E-state index in [0.717, 1.165) is 4.31 Å². The van der Waals surface area contributed by atoms with E-state index in [9.17, 15) is 13.2 Å². The summed E-state index contributed by atoms with van der Waals surface area (Å²) in [5, 5.41) is 5.29. The fourth-order valence-corrected chi connectivity index (χ4v) is 5.74. The minimum atomic E-state index is -4.06. The average molecular weight is 577 g/mol. The number of halogens is 3. The number of carbonyl (C=O) groups excluding carboxylic acids is 1. The average Bonchev–Trinajstić information content (AvgIpc) is 3.32. The Morgan fingerprint density at radius 3 is 2.38 bits per heavy atom. The molecule has 37 heavy (non-hydrogen) atoms. The molecule has 190 valence electrons. The van der Waals surface area contributed by atoms with Gasteiger partial charge in [-0.1, -0.05) is 53.0 Å². The van der Waals surface area contributed by atoms with Gasteiger partial charge in [-0.15, -0.1) is 0 Å². The maximum atomic E-state index is 13.4. The largest absolute Gasteiger partial charge is 0.455 e. The smallest absolute Gasteiger partial charge is 0.264 e. The van der Waals surface area contributed by atoms with Gasteiger partial charge in [0.05, 0.1) is 21.8 Å². The molecule has 0 saturated heterocycles. The second kappa shape index (κ2) is 11.4. The second-order valence-electron chi connectivity index (χ2n) is 7.87. The number of benzene rings is 3. The molecule has 0 saturated carbocycles. The Labute approximate surface area is 229 Å². The van der Waals surface area contributed by atoms with Crippen LogP contribution in [0.2, 0.25) is 15.1 Å². The van der Waals surface area contributed by atoms with E-state index in [1.54, 1.807) is 73.7 Å². The van der Waals surface area contributed by atoms with Crippen LogP contribution in [0.3, 0.4) is 0 Å². The topological polar surface area (TPSA) is 92.0 Å². The molecule has 3 aromatic carbocycles. The van der Waals surface area contributed by atoms with E-state index in [2.05, 4.69) is 10.5 Å². The quantitative estimate of drug-likeness (QED) is 0.190. The molecule has 0 aliphatic heterocycles. The Bertz CT molecular complexity index is 1570. The number of carbonyl (C=O) groups is 1. The highest BCUT2D eigenvalue weighted by Crippen LogP contribution is 2.31. The summed E-state index contributed by atoms with van der Waals surface area (Å²) in [6.45, 7) is 1.20. The van der Waals surface area contributed by atoms with Crippen molar-refractivity contribution in [1.29, 1.82) is 0 Å². The maximum absolute atomic E-state index is 13.4. The molecule has 4 aromatic rings. The summed E-state index contributed by atoms with van der Waals surface area (Å²) in [5.74, 6) is 0.189. The highest BCUT2D eigenvalue weighted by molar-refractivity contribution is 7.92. The van der Waals surface area contributed by atoms with Crippen molar-refractivity contribution in [2.45, 2.75) is 11.8 Å². The first kappa shape index (κ1) is 26.8. The molecular weight excluding hydrogens is 557 g/mol. The maximum Gasteiger partial charge on any atom is 0.264 e. The molecule has 0 fully saturated rings. The third-order valence-corrected chi connectivity index (χ3v) is 7.81. The molecule has 0 bridgehead atoms. The van der Waals surface area contributed by atoms with Crippen molar-refractivity contribution in [1.82, 2.24) is 5.43 Å². The fraction of sp³-hybridized carbons (Fsp3) is 0.0769. The Morgan fingerprint density at radius 1 is 0.973 bits per heavy atom. The summed E-state index contributed by atoms with van der Waals surface area (Å²) in [5.41, 5.74) is 3.91. The normalized spacial score (nSPS) is 11.6. The van der Waals surface area contributed by atoms with Crippen LogP contribution in [0.1, 0.15) is 11.3 Å². The van der Waals surface area contributed by atoms with Gasteiger partial charge in [0.15, 0.2) is 0 Å². The Morgan fingerprint density at radius 2 is 1.68 bits per heavy atom. The number of aryl methyl sites for hydroxylation is 1. The number of rotatable bonds is 8. The van der Waals surface area contributed by atoms with Gasteiger partial charge < -0.3 is 4.42 Å². The van der Waals surface area contributed by atoms with E-state index in [0.29, 0.717) is 43.4 Å². The molecule has 0 unspecified atom stereocenters. The molecule has 1 aromatic heterocycles. The summed E-state index contributed by atoms with van der Waals surface area (Å²) < 4.78 is 33.6. The standard InChI is InChI=1S/C26H20Cl3N3O4S/c1-17-13-18(27)8-11-24(17)32(37(34,35)21-5-3-2-4-6-21)16-26(33)31-30-15-20-9-12-25(36-20)22-10-7-19(28)14-23(22)29/h2-15H,16H2,1H3,(H,31,33)/b30-15-. The van der Waals surface area contributed by atoms with Crippen molar-refractivity contribution in [3.8, 4) is 11.3 Å². The number of amides is 1. The molecule has 4 rings (SSSR count). The minimum Gasteiger partial charge on any atom is -0.455 e. The molecular formula is C26H20Cl3N3O4S. The Kier molecular flexibility index (Phi) is 8.24. The lowest BCUT2D eigenvalue weighted by Crippen LogP contribution is -2.40. The highest BCUT2D eigenvalue weighted by atomic mass is 35.5. The summed E-state index contributed by atoms with van der Waals surface area (Å²) >= 11 is 18.2. The van der Waals surface area contributed by atoms with Gasteiger partial charge in [-0.2, -0.15) is 5.10 Å². The van der Waals surface area contributed by atoms with Gasteiger partial charge in [-0.3, -0.25) is 9.10 Å². The van der Waals surface area contributed by atoms with E-state index in [-0.39, 0.29) is 4.90 Å². The monoisotopic (exact) mass is 575 g/mol. The SMILES string of the molecule is Cc1cc(Cl)ccc1N(CC(=O)N/N=C\c1ccc(-c2ccc(Cl)cc2Cl)o1)S(=O)(=O)c1ccccc1. The number of hydrogen-bond acceptors (Lipinski definition) is 5. The number of hydrogen-bond donors (Lipinski definition) is 1. The lowest BCUT2D eigenvalue weighted by molar-refractivity contribution is -0.119. The summed E-state index contributed by atoms with van der Waals surface area (Å²) in [7, 11) is -4.06. The minimum absolute atomic E-state index is 0.0460. The lowest BCUT2D eigenvalue weighted by atomic mass is 10.2. The predicted molar refractivity (Wildman–Crippen MR) is 147 cm³/mol. The molecule has 0 aliphatic carbocycles. The van der Waals surface area contributed by atoms with Gasteiger partial charge in [0, 0.05) is 15.6 Å². The van der Waals surface area contributed by atoms with E-state index >= 15 is 0 Å². The first-order chi connectivity index (χ1) is 17.6. The van der Waals surface area contributed by atoms with Gasteiger partial charge in [0.2, 0.25) is 0 Å². The lowest BCUT2D eigenvalue weighted by Gasteiger charge is -2.25. The second-order valence-corrected chi connectivity index (χ2v) is 11.0. The molecule has 0 aliphatic rings.